The molecule has 0 bridgehead atoms. The fourth-order valence-corrected chi connectivity index (χ4v) is 2.86. The smallest absolute Gasteiger partial charge is 0.140 e. The maximum atomic E-state index is 9.20. The van der Waals surface area contributed by atoms with Crippen LogP contribution in [0.3, 0.4) is 0 Å². The van der Waals surface area contributed by atoms with Gasteiger partial charge in [0.15, 0.2) is 0 Å². The largest absolute Gasteiger partial charge is 0.327 e. The molecular weight excluding hydrogens is 317 g/mol. The first-order valence-electron chi connectivity index (χ1n) is 6.63. The summed E-state index contributed by atoms with van der Waals surface area (Å²) in [4.78, 5) is 4.38. The highest BCUT2D eigenvalue weighted by molar-refractivity contribution is 6.35. The molecular formula is C17H11Cl2N3. The molecule has 0 unspecified atom stereocenters. The number of benzene rings is 2. The average molecular weight is 328 g/mol. The SMILES string of the molecule is N#Cc1ccccc1Cn1ccnc1-c1cc(Cl)cc(Cl)c1. The van der Waals surface area contributed by atoms with Gasteiger partial charge in [-0.1, -0.05) is 41.4 Å². The molecule has 0 aliphatic carbocycles. The van der Waals surface area contributed by atoms with E-state index in [4.69, 9.17) is 23.2 Å². The van der Waals surface area contributed by atoms with Crippen molar-refractivity contribution in [1.29, 1.82) is 5.26 Å². The van der Waals surface area contributed by atoms with Gasteiger partial charge >= 0.3 is 0 Å². The second kappa shape index (κ2) is 6.23. The van der Waals surface area contributed by atoms with Crippen LogP contribution < -0.4 is 0 Å². The van der Waals surface area contributed by atoms with Crippen molar-refractivity contribution in [3.8, 4) is 17.5 Å². The zero-order chi connectivity index (χ0) is 15.5. The molecule has 0 spiro atoms. The van der Waals surface area contributed by atoms with Crippen LogP contribution in [0, 0.1) is 11.3 Å². The number of nitriles is 1. The lowest BCUT2D eigenvalue weighted by Gasteiger charge is -2.10. The minimum atomic E-state index is 0.559. The summed E-state index contributed by atoms with van der Waals surface area (Å²) in [5, 5.41) is 10.3. The van der Waals surface area contributed by atoms with Crippen molar-refractivity contribution in [3.05, 3.63) is 76.0 Å². The third kappa shape index (κ3) is 2.99. The molecule has 3 aromatic rings. The molecule has 0 aliphatic heterocycles. The van der Waals surface area contributed by atoms with Crippen LogP contribution in [0.2, 0.25) is 10.0 Å². The maximum Gasteiger partial charge on any atom is 0.140 e. The highest BCUT2D eigenvalue weighted by atomic mass is 35.5. The Labute approximate surface area is 138 Å². The Morgan fingerprint density at radius 2 is 1.82 bits per heavy atom. The minimum absolute atomic E-state index is 0.559. The van der Waals surface area contributed by atoms with Gasteiger partial charge < -0.3 is 4.57 Å². The van der Waals surface area contributed by atoms with Crippen molar-refractivity contribution in [2.24, 2.45) is 0 Å². The van der Waals surface area contributed by atoms with Crippen molar-refractivity contribution in [1.82, 2.24) is 9.55 Å². The molecule has 5 heteroatoms. The molecule has 0 amide bonds. The summed E-state index contributed by atoms with van der Waals surface area (Å²) < 4.78 is 1.97. The Morgan fingerprint density at radius 1 is 1.09 bits per heavy atom. The van der Waals surface area contributed by atoms with Crippen LogP contribution >= 0.6 is 23.2 Å². The highest BCUT2D eigenvalue weighted by Crippen LogP contribution is 2.26. The van der Waals surface area contributed by atoms with Gasteiger partial charge in [-0.05, 0) is 29.8 Å². The van der Waals surface area contributed by atoms with Crippen molar-refractivity contribution in [3.63, 3.8) is 0 Å². The molecule has 0 aliphatic rings. The minimum Gasteiger partial charge on any atom is -0.327 e. The number of imidazole rings is 1. The van der Waals surface area contributed by atoms with E-state index >= 15 is 0 Å². The lowest BCUT2D eigenvalue weighted by molar-refractivity contribution is 0.805. The van der Waals surface area contributed by atoms with Crippen molar-refractivity contribution >= 4 is 23.2 Å². The normalized spacial score (nSPS) is 10.4. The van der Waals surface area contributed by atoms with Gasteiger partial charge in [0.2, 0.25) is 0 Å². The van der Waals surface area contributed by atoms with E-state index in [1.165, 1.54) is 0 Å². The predicted octanol–water partition coefficient (Wildman–Crippen LogP) is 4.78. The second-order valence-electron chi connectivity index (χ2n) is 4.81. The van der Waals surface area contributed by atoms with Gasteiger partial charge in [0.1, 0.15) is 5.82 Å². The number of hydrogen-bond donors (Lipinski definition) is 0. The van der Waals surface area contributed by atoms with E-state index in [0.29, 0.717) is 22.2 Å². The zero-order valence-corrected chi connectivity index (χ0v) is 13.0. The molecule has 3 nitrogen and oxygen atoms in total. The van der Waals surface area contributed by atoms with Crippen LogP contribution in [-0.4, -0.2) is 9.55 Å². The summed E-state index contributed by atoms with van der Waals surface area (Å²) in [6, 6.07) is 15.1. The fourth-order valence-electron chi connectivity index (χ4n) is 2.33. The van der Waals surface area contributed by atoms with Crippen molar-refractivity contribution in [2.45, 2.75) is 6.54 Å². The quantitative estimate of drug-likeness (QED) is 0.694. The molecule has 1 heterocycles. The van der Waals surface area contributed by atoms with E-state index in [1.54, 1.807) is 12.3 Å². The number of hydrogen-bond acceptors (Lipinski definition) is 2. The Morgan fingerprint density at radius 3 is 2.55 bits per heavy atom. The monoisotopic (exact) mass is 327 g/mol. The van der Waals surface area contributed by atoms with Gasteiger partial charge in [0.25, 0.3) is 0 Å². The molecule has 0 N–H and O–H groups in total. The van der Waals surface area contributed by atoms with Crippen LogP contribution in [0.1, 0.15) is 11.1 Å². The van der Waals surface area contributed by atoms with E-state index in [-0.39, 0.29) is 0 Å². The third-order valence-corrected chi connectivity index (χ3v) is 3.75. The lowest BCUT2D eigenvalue weighted by atomic mass is 10.1. The van der Waals surface area contributed by atoms with E-state index in [9.17, 15) is 5.26 Å². The summed E-state index contributed by atoms with van der Waals surface area (Å²) in [6.07, 6.45) is 3.59. The van der Waals surface area contributed by atoms with Crippen LogP contribution in [-0.2, 0) is 6.54 Å². The summed E-state index contributed by atoms with van der Waals surface area (Å²) >= 11 is 12.1. The summed E-state index contributed by atoms with van der Waals surface area (Å²) in [7, 11) is 0. The molecule has 22 heavy (non-hydrogen) atoms. The average Bonchev–Trinajstić information content (AvgIpc) is 2.95. The summed E-state index contributed by atoms with van der Waals surface area (Å²) in [5.74, 6) is 0.761. The Kier molecular flexibility index (Phi) is 4.15. The molecule has 0 atom stereocenters. The van der Waals surface area contributed by atoms with E-state index in [2.05, 4.69) is 11.1 Å². The predicted molar refractivity (Wildman–Crippen MR) is 87.9 cm³/mol. The summed E-state index contributed by atoms with van der Waals surface area (Å²) in [5.41, 5.74) is 2.44. The van der Waals surface area contributed by atoms with Crippen LogP contribution in [0.25, 0.3) is 11.4 Å². The Bertz CT molecular complexity index is 842. The van der Waals surface area contributed by atoms with Gasteiger partial charge in [0, 0.05) is 28.0 Å². The van der Waals surface area contributed by atoms with Crippen LogP contribution in [0.15, 0.2) is 54.9 Å². The molecule has 2 aromatic carbocycles. The Hall–Kier alpha value is -2.28. The topological polar surface area (TPSA) is 41.6 Å². The van der Waals surface area contributed by atoms with E-state index in [0.717, 1.165) is 17.0 Å². The number of nitrogens with zero attached hydrogens (tertiary/aromatic N) is 3. The molecule has 0 radical (unpaired) electrons. The number of aromatic nitrogens is 2. The molecule has 3 rings (SSSR count). The van der Waals surface area contributed by atoms with Crippen LogP contribution in [0.5, 0.6) is 0 Å². The van der Waals surface area contributed by atoms with Crippen LogP contribution in [0.4, 0.5) is 0 Å². The number of halogens is 2. The van der Waals surface area contributed by atoms with Gasteiger partial charge in [-0.3, -0.25) is 0 Å². The molecule has 0 saturated carbocycles. The van der Waals surface area contributed by atoms with Crippen molar-refractivity contribution in [2.75, 3.05) is 0 Å². The third-order valence-electron chi connectivity index (χ3n) is 3.31. The van der Waals surface area contributed by atoms with E-state index < -0.39 is 0 Å². The first kappa shape index (κ1) is 14.6. The fraction of sp³-hybridized carbons (Fsp3) is 0.0588. The Balaban J connectivity index is 2.01. The van der Waals surface area contributed by atoms with E-state index in [1.807, 2.05) is 47.2 Å². The second-order valence-corrected chi connectivity index (χ2v) is 5.68. The van der Waals surface area contributed by atoms with Gasteiger partial charge in [-0.25, -0.2) is 4.98 Å². The molecule has 0 saturated heterocycles. The van der Waals surface area contributed by atoms with Crippen molar-refractivity contribution < 1.29 is 0 Å². The maximum absolute atomic E-state index is 9.20. The van der Waals surface area contributed by atoms with Gasteiger partial charge in [0.05, 0.1) is 18.2 Å². The zero-order valence-electron chi connectivity index (χ0n) is 11.5. The summed E-state index contributed by atoms with van der Waals surface area (Å²) in [6.45, 7) is 0.559. The molecule has 0 fully saturated rings. The first-order valence-corrected chi connectivity index (χ1v) is 7.38. The first-order chi connectivity index (χ1) is 10.7. The van der Waals surface area contributed by atoms with Gasteiger partial charge in [-0.2, -0.15) is 5.26 Å². The number of rotatable bonds is 3. The molecule has 108 valence electrons. The standard InChI is InChI=1S/C17H11Cl2N3/c18-15-7-14(8-16(19)9-15)17-21-5-6-22(17)11-13-4-2-1-3-12(13)10-20/h1-9H,11H2. The van der Waals surface area contributed by atoms with Gasteiger partial charge in [-0.15, -0.1) is 0 Å². The molecule has 1 aromatic heterocycles. The lowest BCUT2D eigenvalue weighted by Crippen LogP contribution is -2.03. The highest BCUT2D eigenvalue weighted by Gasteiger charge is 2.10.